The molecule has 0 aliphatic heterocycles. The third kappa shape index (κ3) is 6.95. The molecule has 0 unspecified atom stereocenters. The lowest BCUT2D eigenvalue weighted by Gasteiger charge is -2.21. The zero-order chi connectivity index (χ0) is 28.9. The molecule has 0 bridgehead atoms. The Labute approximate surface area is 239 Å². The molecule has 0 atom stereocenters. The minimum atomic E-state index is -0.663. The van der Waals surface area contributed by atoms with Crippen LogP contribution in [-0.2, 0) is 22.4 Å². The van der Waals surface area contributed by atoms with Crippen molar-refractivity contribution in [2.24, 2.45) is 0 Å². The average Bonchev–Trinajstić information content (AvgIpc) is 3.21. The first-order chi connectivity index (χ1) is 19.1. The van der Waals surface area contributed by atoms with Crippen molar-refractivity contribution in [1.29, 1.82) is 0 Å². The molecular weight excluding hydrogens is 533 g/mol. The number of carbonyl (C=O) groups is 1. The van der Waals surface area contributed by atoms with Crippen LogP contribution >= 0.6 is 11.6 Å². The van der Waals surface area contributed by atoms with Crippen LogP contribution in [0.2, 0.25) is 5.02 Å². The molecule has 1 aromatic heterocycles. The quantitative estimate of drug-likeness (QED) is 0.144. The number of aromatic nitrogens is 1. The maximum atomic E-state index is 13.7. The lowest BCUT2D eigenvalue weighted by atomic mass is 10.0. The summed E-state index contributed by atoms with van der Waals surface area (Å²) >= 11 is 6.54. The van der Waals surface area contributed by atoms with Crippen molar-refractivity contribution < 1.29 is 28.5 Å². The first-order valence-electron chi connectivity index (χ1n) is 13.6. The molecule has 0 amide bonds. The number of esters is 1. The fraction of sp³-hybridized carbons (Fsp3) is 0.406. The molecule has 0 fully saturated rings. The van der Waals surface area contributed by atoms with Gasteiger partial charge in [-0.15, -0.1) is 0 Å². The van der Waals surface area contributed by atoms with Crippen molar-refractivity contribution in [2.45, 2.75) is 59.1 Å². The summed E-state index contributed by atoms with van der Waals surface area (Å²) in [5, 5.41) is 12.2. The van der Waals surface area contributed by atoms with Gasteiger partial charge in [-0.1, -0.05) is 29.8 Å². The number of aliphatic hydroxyl groups excluding tert-OH is 1. The van der Waals surface area contributed by atoms with Gasteiger partial charge >= 0.3 is 5.97 Å². The number of ether oxygens (including phenoxy) is 3. The van der Waals surface area contributed by atoms with Crippen molar-refractivity contribution in [3.05, 3.63) is 76.2 Å². The van der Waals surface area contributed by atoms with E-state index in [4.69, 9.17) is 30.9 Å². The monoisotopic (exact) mass is 569 g/mol. The Balaban J connectivity index is 1.64. The Kier molecular flexibility index (Phi) is 9.72. The second-order valence-corrected chi connectivity index (χ2v) is 11.2. The highest BCUT2D eigenvalue weighted by Crippen LogP contribution is 2.35. The number of nitrogens with zero attached hydrogens (tertiary/aromatic N) is 1. The molecule has 214 valence electrons. The summed E-state index contributed by atoms with van der Waals surface area (Å²) in [6.45, 7) is 9.15. The standard InChI is InChI=1S/C32H37ClFNO5/c1-21-27(33)14-13-26-25(9-6-18-39-28-10-5-8-22-20-23(34)11-12-24(22)28)30(31(37)40-32(2,3)4)35(29(21)26)15-7-17-38-19-16-36/h5,8,10-14,20,36H,6-7,9,15-19H2,1-4H3. The first kappa shape index (κ1) is 29.8. The molecule has 0 saturated heterocycles. The molecule has 0 aliphatic carbocycles. The number of halogens is 2. The highest BCUT2D eigenvalue weighted by Gasteiger charge is 2.28. The zero-order valence-electron chi connectivity index (χ0n) is 23.6. The zero-order valence-corrected chi connectivity index (χ0v) is 24.3. The number of hydrogen-bond donors (Lipinski definition) is 1. The van der Waals surface area contributed by atoms with Crippen molar-refractivity contribution in [3.8, 4) is 5.75 Å². The van der Waals surface area contributed by atoms with E-state index in [1.807, 2.05) is 62.6 Å². The summed E-state index contributed by atoms with van der Waals surface area (Å²) in [5.41, 5.74) is 2.54. The number of aryl methyl sites for hydroxylation is 3. The van der Waals surface area contributed by atoms with Gasteiger partial charge in [0, 0.05) is 28.9 Å². The number of fused-ring (bicyclic) bond motifs is 2. The number of hydrogen-bond acceptors (Lipinski definition) is 5. The highest BCUT2D eigenvalue weighted by atomic mass is 35.5. The maximum absolute atomic E-state index is 13.7. The van der Waals surface area contributed by atoms with Crippen LogP contribution in [0.4, 0.5) is 4.39 Å². The van der Waals surface area contributed by atoms with Gasteiger partial charge in [-0.2, -0.15) is 0 Å². The van der Waals surface area contributed by atoms with E-state index < -0.39 is 5.60 Å². The molecule has 8 heteroatoms. The summed E-state index contributed by atoms with van der Waals surface area (Å²) in [6.07, 6.45) is 1.88. The number of aliphatic hydroxyl groups is 1. The fourth-order valence-electron chi connectivity index (χ4n) is 4.98. The van der Waals surface area contributed by atoms with E-state index in [0.29, 0.717) is 55.5 Å². The van der Waals surface area contributed by atoms with Crippen LogP contribution in [0.3, 0.4) is 0 Å². The summed E-state index contributed by atoms with van der Waals surface area (Å²) in [7, 11) is 0. The van der Waals surface area contributed by atoms with E-state index >= 15 is 0 Å². The van der Waals surface area contributed by atoms with Gasteiger partial charge in [-0.25, -0.2) is 9.18 Å². The van der Waals surface area contributed by atoms with Crippen LogP contribution in [0.1, 0.15) is 55.2 Å². The molecule has 0 saturated carbocycles. The first-order valence-corrected chi connectivity index (χ1v) is 14.0. The molecule has 4 aromatic rings. The molecule has 6 nitrogen and oxygen atoms in total. The van der Waals surface area contributed by atoms with Gasteiger partial charge in [0.25, 0.3) is 0 Å². The fourth-order valence-corrected chi connectivity index (χ4v) is 5.13. The van der Waals surface area contributed by atoms with Crippen molar-refractivity contribution in [1.82, 2.24) is 4.57 Å². The summed E-state index contributed by atoms with van der Waals surface area (Å²) in [5.74, 6) is 0.0198. The minimum absolute atomic E-state index is 0.0355. The lowest BCUT2D eigenvalue weighted by Crippen LogP contribution is -2.26. The van der Waals surface area contributed by atoms with E-state index in [1.54, 1.807) is 6.07 Å². The average molecular weight is 570 g/mol. The van der Waals surface area contributed by atoms with Gasteiger partial charge in [0.15, 0.2) is 0 Å². The second-order valence-electron chi connectivity index (χ2n) is 10.8. The molecule has 0 spiro atoms. The van der Waals surface area contributed by atoms with Crippen LogP contribution < -0.4 is 4.74 Å². The third-order valence-electron chi connectivity index (χ3n) is 6.65. The van der Waals surface area contributed by atoms with E-state index in [0.717, 1.165) is 32.8 Å². The molecule has 1 heterocycles. The molecule has 1 N–H and O–H groups in total. The van der Waals surface area contributed by atoms with Crippen molar-refractivity contribution in [2.75, 3.05) is 26.4 Å². The van der Waals surface area contributed by atoms with E-state index in [-0.39, 0.29) is 25.0 Å². The van der Waals surface area contributed by atoms with Gasteiger partial charge in [0.05, 0.1) is 25.3 Å². The van der Waals surface area contributed by atoms with E-state index in [2.05, 4.69) is 0 Å². The highest BCUT2D eigenvalue weighted by molar-refractivity contribution is 6.32. The predicted molar refractivity (Wildman–Crippen MR) is 157 cm³/mol. The van der Waals surface area contributed by atoms with E-state index in [1.165, 1.54) is 12.1 Å². The van der Waals surface area contributed by atoms with Crippen LogP contribution in [0.25, 0.3) is 21.7 Å². The summed E-state index contributed by atoms with van der Waals surface area (Å²) in [4.78, 5) is 13.6. The normalized spacial score (nSPS) is 11.9. The van der Waals surface area contributed by atoms with Gasteiger partial charge in [0.2, 0.25) is 0 Å². The molecular formula is C32H37ClFNO5. The van der Waals surface area contributed by atoms with Crippen LogP contribution in [0.5, 0.6) is 5.75 Å². The van der Waals surface area contributed by atoms with Gasteiger partial charge in [-0.05, 0) is 93.8 Å². The Hall–Kier alpha value is -3.13. The van der Waals surface area contributed by atoms with Gasteiger partial charge < -0.3 is 23.9 Å². The number of rotatable bonds is 12. The van der Waals surface area contributed by atoms with Gasteiger partial charge in [0.1, 0.15) is 22.9 Å². The third-order valence-corrected chi connectivity index (χ3v) is 7.05. The Bertz CT molecular complexity index is 1490. The van der Waals surface area contributed by atoms with Crippen LogP contribution in [-0.4, -0.2) is 47.7 Å². The number of carbonyl (C=O) groups excluding carboxylic acids is 1. The van der Waals surface area contributed by atoms with E-state index in [9.17, 15) is 9.18 Å². The van der Waals surface area contributed by atoms with Crippen LogP contribution in [0, 0.1) is 12.7 Å². The minimum Gasteiger partial charge on any atom is -0.493 e. The summed E-state index contributed by atoms with van der Waals surface area (Å²) in [6, 6.07) is 14.1. The Morgan fingerprint density at radius 1 is 1.02 bits per heavy atom. The summed E-state index contributed by atoms with van der Waals surface area (Å²) < 4.78 is 33.1. The van der Waals surface area contributed by atoms with Crippen LogP contribution in [0.15, 0.2) is 48.5 Å². The molecule has 4 rings (SSSR count). The lowest BCUT2D eigenvalue weighted by molar-refractivity contribution is 0.00559. The second kappa shape index (κ2) is 13.0. The Morgan fingerprint density at radius 2 is 1.80 bits per heavy atom. The van der Waals surface area contributed by atoms with Gasteiger partial charge in [-0.3, -0.25) is 0 Å². The Morgan fingerprint density at radius 3 is 2.55 bits per heavy atom. The SMILES string of the molecule is Cc1c(Cl)ccc2c(CCCOc3cccc4cc(F)ccc34)c(C(=O)OC(C)(C)C)n(CCCOCCO)c12. The topological polar surface area (TPSA) is 69.9 Å². The van der Waals surface area contributed by atoms with Crippen molar-refractivity contribution in [3.63, 3.8) is 0 Å². The molecule has 3 aromatic carbocycles. The smallest absolute Gasteiger partial charge is 0.355 e. The number of benzene rings is 3. The maximum Gasteiger partial charge on any atom is 0.355 e. The molecule has 0 radical (unpaired) electrons. The van der Waals surface area contributed by atoms with Crippen molar-refractivity contribution >= 4 is 39.2 Å². The largest absolute Gasteiger partial charge is 0.493 e. The predicted octanol–water partition coefficient (Wildman–Crippen LogP) is 7.26. The molecule has 0 aliphatic rings. The molecule has 40 heavy (non-hydrogen) atoms.